The molecule has 0 atom stereocenters. The molecule has 0 fully saturated rings. The summed E-state index contributed by atoms with van der Waals surface area (Å²) in [6, 6.07) is 0. The van der Waals surface area contributed by atoms with Crippen LogP contribution in [0, 0.1) is 0 Å². The molecule has 0 bridgehead atoms. The van der Waals surface area contributed by atoms with Crippen molar-refractivity contribution in [2.75, 3.05) is 0 Å². The van der Waals surface area contributed by atoms with E-state index in [-0.39, 0.29) is 0 Å². The number of hydrogen-bond acceptors (Lipinski definition) is 0. The van der Waals surface area contributed by atoms with Crippen LogP contribution >= 0.6 is 79.8 Å². The average Bonchev–Trinajstić information content (AvgIpc) is 0.592. The summed E-state index contributed by atoms with van der Waals surface area (Å²) in [7, 11) is 0. The molecule has 0 rings (SSSR count). The van der Waals surface area contributed by atoms with Gasteiger partial charge in [-0.3, -0.25) is 0 Å². The molecule has 7 heteroatoms. The second-order valence-corrected chi connectivity index (χ2v) is 150. The molecule has 0 radical (unpaired) electrons. The Labute approximate surface area is 78.9 Å². The summed E-state index contributed by atoms with van der Waals surface area (Å²) in [5.41, 5.74) is 0. The summed E-state index contributed by atoms with van der Waals surface area (Å²) >= 11 is 20.1. The molecule has 0 amide bonds. The molecule has 0 aliphatic heterocycles. The second kappa shape index (κ2) is 2.04. The molecule has 0 aliphatic rings. The van der Waals surface area contributed by atoms with Gasteiger partial charge in [0.1, 0.15) is 0 Å². The molecule has 0 saturated heterocycles. The van der Waals surface area contributed by atoms with Crippen LogP contribution < -0.4 is 0 Å². The van der Waals surface area contributed by atoms with Crippen molar-refractivity contribution in [1.82, 2.24) is 0 Å². The zero-order valence-electron chi connectivity index (χ0n) is 2.58. The molecule has 0 heterocycles. The minimum absolute atomic E-state index is 3.25. The van der Waals surface area contributed by atoms with Crippen LogP contribution in [0.5, 0.6) is 0 Å². The molecule has 0 aromatic rings. The molecule has 0 aromatic heterocycles. The Bertz CT molecular complexity index is 62.7. The van der Waals surface area contributed by atoms with Gasteiger partial charge in [-0.05, 0) is 0 Å². The topological polar surface area (TPSA) is 0 Å². The summed E-state index contributed by atoms with van der Waals surface area (Å²) < 4.78 is -3.25. The van der Waals surface area contributed by atoms with Crippen LogP contribution in [0.3, 0.4) is 0 Å². The quantitative estimate of drug-likeness (QED) is 0.337. The van der Waals surface area contributed by atoms with Crippen molar-refractivity contribution in [2.24, 2.45) is 0 Å². The molecule has 0 unspecified atom stereocenters. The Hall–Kier alpha value is 3.57. The van der Waals surface area contributed by atoms with Crippen LogP contribution in [-0.4, -0.2) is 0 Å². The van der Waals surface area contributed by atoms with Gasteiger partial charge >= 0.3 is 81.0 Å². The number of halogens is 6. The van der Waals surface area contributed by atoms with Crippen LogP contribution in [0.1, 0.15) is 0 Å². The van der Waals surface area contributed by atoms with Crippen LogP contribution in [0.15, 0.2) is 0 Å². The summed E-state index contributed by atoms with van der Waals surface area (Å²) in [6.07, 6.45) is 0. The first kappa shape index (κ1) is 10.6. The van der Waals surface area contributed by atoms with Gasteiger partial charge < -0.3 is 0 Å². The van der Waals surface area contributed by atoms with Crippen LogP contribution in [-0.2, 0) is 1.22 Å². The van der Waals surface area contributed by atoms with Gasteiger partial charge in [0.25, 0.3) is 0 Å². The monoisotopic (exact) mass is 668 g/mol. The zero-order chi connectivity index (χ0) is 6.41. The first-order valence-corrected chi connectivity index (χ1v) is 30.5. The Morgan fingerprint density at radius 1 is 0.571 bits per heavy atom. The van der Waals surface area contributed by atoms with Crippen molar-refractivity contribution >= 4 is 79.8 Å². The molecule has 0 aromatic carbocycles. The van der Waals surface area contributed by atoms with E-state index in [2.05, 4.69) is 79.8 Å². The molecular formula is Br6Pt-2. The van der Waals surface area contributed by atoms with E-state index in [9.17, 15) is 0 Å². The minimum atomic E-state index is -3.25. The van der Waals surface area contributed by atoms with Crippen LogP contribution in [0.4, 0.5) is 0 Å². The Kier molecular flexibility index (Phi) is 3.08. The van der Waals surface area contributed by atoms with Crippen molar-refractivity contribution in [2.45, 2.75) is 0 Å². The number of hydrogen-bond donors (Lipinski definition) is 0. The molecule has 0 aliphatic carbocycles. The molecule has 0 saturated carbocycles. The van der Waals surface area contributed by atoms with E-state index in [1.807, 2.05) is 0 Å². The molecule has 0 nitrogen and oxygen atoms in total. The fourth-order valence-electron chi connectivity index (χ4n) is 0. The standard InChI is InChI=1S/6BrH.Pt/h6*1H;/q;;;;;;+4/p-6. The van der Waals surface area contributed by atoms with Gasteiger partial charge in [0.05, 0.1) is 0 Å². The van der Waals surface area contributed by atoms with E-state index in [1.165, 1.54) is 0 Å². The first-order chi connectivity index (χ1) is 2.45. The molecule has 0 spiro atoms. The van der Waals surface area contributed by atoms with Crippen molar-refractivity contribution in [1.29, 1.82) is 0 Å². The van der Waals surface area contributed by atoms with E-state index in [1.54, 1.807) is 0 Å². The first-order valence-electron chi connectivity index (χ1n) is 0.717. The van der Waals surface area contributed by atoms with E-state index in [4.69, 9.17) is 0 Å². The van der Waals surface area contributed by atoms with E-state index in [0.717, 1.165) is 0 Å². The second-order valence-electron chi connectivity index (χ2n) is 0.678. The van der Waals surface area contributed by atoms with Crippen molar-refractivity contribution in [3.63, 3.8) is 0 Å². The van der Waals surface area contributed by atoms with Gasteiger partial charge in [0.15, 0.2) is 0 Å². The molecular weight excluding hydrogens is 675 g/mol. The van der Waals surface area contributed by atoms with Gasteiger partial charge in [-0.15, -0.1) is 0 Å². The fraction of sp³-hybridized carbons (Fsp3) is 0. The van der Waals surface area contributed by atoms with Gasteiger partial charge in [0, 0.05) is 0 Å². The Morgan fingerprint density at radius 3 is 0.571 bits per heavy atom. The summed E-state index contributed by atoms with van der Waals surface area (Å²) in [5.74, 6) is 0. The Balaban J connectivity index is 4.43. The van der Waals surface area contributed by atoms with Gasteiger partial charge in [0.2, 0.25) is 0 Å². The summed E-state index contributed by atoms with van der Waals surface area (Å²) in [4.78, 5) is 0. The predicted octanol–water partition coefficient (Wildman–Crippen LogP) is 5.07. The number of rotatable bonds is 0. The third kappa shape index (κ3) is 43.0. The molecule has 54 valence electrons. The summed E-state index contributed by atoms with van der Waals surface area (Å²) in [6.45, 7) is 0. The van der Waals surface area contributed by atoms with E-state index in [0.29, 0.717) is 0 Å². The van der Waals surface area contributed by atoms with Gasteiger partial charge in [-0.25, -0.2) is 0 Å². The third-order valence-electron chi connectivity index (χ3n) is 0. The molecule has 0 N–H and O–H groups in total. The normalized spacial score (nSPS) is 23.1. The van der Waals surface area contributed by atoms with Gasteiger partial charge in [-0.2, -0.15) is 0 Å². The van der Waals surface area contributed by atoms with E-state index >= 15 is 0 Å². The van der Waals surface area contributed by atoms with Crippen LogP contribution in [0.25, 0.3) is 0 Å². The third-order valence-corrected chi connectivity index (χ3v) is 0. The van der Waals surface area contributed by atoms with Crippen LogP contribution in [0.2, 0.25) is 0 Å². The maximum absolute atomic E-state index is 3.35. The molecule has 7 heavy (non-hydrogen) atoms. The fourth-order valence-corrected chi connectivity index (χ4v) is 0. The van der Waals surface area contributed by atoms with Crippen molar-refractivity contribution < 1.29 is 1.22 Å². The summed E-state index contributed by atoms with van der Waals surface area (Å²) in [5, 5.41) is 0. The maximum atomic E-state index is 3.35. The van der Waals surface area contributed by atoms with E-state index < -0.39 is 1.22 Å². The zero-order valence-corrected chi connectivity index (χ0v) is 14.4. The van der Waals surface area contributed by atoms with Gasteiger partial charge in [-0.1, -0.05) is 0 Å². The Morgan fingerprint density at radius 2 is 0.571 bits per heavy atom. The predicted molar refractivity (Wildman–Crippen MR) is 53.6 cm³/mol. The van der Waals surface area contributed by atoms with Crippen molar-refractivity contribution in [3.8, 4) is 0 Å². The average molecular weight is 675 g/mol. The van der Waals surface area contributed by atoms with Crippen molar-refractivity contribution in [3.05, 3.63) is 0 Å². The SMILES string of the molecule is [Br][Pt-2]([Br])([Br])([Br])([Br])[Br].